The summed E-state index contributed by atoms with van der Waals surface area (Å²) in [5.74, 6) is 1.15. The van der Waals surface area contributed by atoms with Gasteiger partial charge in [0.15, 0.2) is 0 Å². The van der Waals surface area contributed by atoms with E-state index in [4.69, 9.17) is 0 Å². The minimum absolute atomic E-state index is 0.0115. The second-order valence-corrected chi connectivity index (χ2v) is 7.26. The Bertz CT molecular complexity index is 722. The fraction of sp³-hybridized carbons (Fsp3) is 0.588. The third-order valence-corrected chi connectivity index (χ3v) is 5.35. The van der Waals surface area contributed by atoms with Crippen molar-refractivity contribution in [3.8, 4) is 0 Å². The Morgan fingerprint density at radius 2 is 2.08 bits per heavy atom. The third kappa shape index (κ3) is 3.21. The predicted octanol–water partition coefficient (Wildman–Crippen LogP) is -0.298. The summed E-state index contributed by atoms with van der Waals surface area (Å²) in [5, 5.41) is 3.04. The molecule has 0 radical (unpaired) electrons. The van der Waals surface area contributed by atoms with Crippen molar-refractivity contribution in [3.63, 3.8) is 0 Å². The van der Waals surface area contributed by atoms with E-state index in [-0.39, 0.29) is 30.9 Å². The lowest BCUT2D eigenvalue weighted by molar-refractivity contribution is -0.131. The smallest absolute Gasteiger partial charge is 0.327 e. The van der Waals surface area contributed by atoms with E-state index in [2.05, 4.69) is 20.2 Å². The molecular formula is C17H22N6O3. The minimum atomic E-state index is -0.420. The number of carbonyl (C=O) groups is 3. The van der Waals surface area contributed by atoms with E-state index in [0.29, 0.717) is 18.4 Å². The number of imide groups is 1. The summed E-state index contributed by atoms with van der Waals surface area (Å²) in [6.45, 7) is 1.30. The number of hydrogen-bond donors (Lipinski definition) is 1. The zero-order chi connectivity index (χ0) is 18.3. The van der Waals surface area contributed by atoms with Crippen molar-refractivity contribution in [1.82, 2.24) is 25.1 Å². The Morgan fingerprint density at radius 1 is 1.27 bits per heavy atom. The number of nitrogens with one attached hydrogen (secondary N) is 1. The maximum absolute atomic E-state index is 12.5. The summed E-state index contributed by atoms with van der Waals surface area (Å²) >= 11 is 0. The highest BCUT2D eigenvalue weighted by Gasteiger charge is 2.44. The van der Waals surface area contributed by atoms with Crippen LogP contribution in [0.1, 0.15) is 12.8 Å². The van der Waals surface area contributed by atoms with Crippen LogP contribution in [-0.2, 0) is 9.59 Å². The van der Waals surface area contributed by atoms with Crippen molar-refractivity contribution in [1.29, 1.82) is 0 Å². The van der Waals surface area contributed by atoms with Gasteiger partial charge in [-0.15, -0.1) is 0 Å². The molecule has 1 saturated carbocycles. The molecule has 1 N–H and O–H groups in total. The molecule has 2 aliphatic heterocycles. The van der Waals surface area contributed by atoms with Gasteiger partial charge in [0.05, 0.1) is 12.2 Å². The summed E-state index contributed by atoms with van der Waals surface area (Å²) < 4.78 is 0. The van der Waals surface area contributed by atoms with E-state index < -0.39 is 6.03 Å². The first kappa shape index (κ1) is 16.7. The summed E-state index contributed by atoms with van der Waals surface area (Å²) in [4.78, 5) is 49.2. The van der Waals surface area contributed by atoms with Gasteiger partial charge in [0.25, 0.3) is 5.91 Å². The lowest BCUT2D eigenvalue weighted by Gasteiger charge is -2.21. The Hall–Kier alpha value is -2.71. The molecule has 1 aromatic heterocycles. The maximum Gasteiger partial charge on any atom is 0.327 e. The largest absolute Gasteiger partial charge is 0.353 e. The number of hydrogen-bond acceptors (Lipinski definition) is 6. The van der Waals surface area contributed by atoms with Crippen molar-refractivity contribution < 1.29 is 14.4 Å². The van der Waals surface area contributed by atoms with Crippen LogP contribution in [0.4, 0.5) is 10.6 Å². The molecule has 9 heteroatoms. The van der Waals surface area contributed by atoms with Crippen LogP contribution >= 0.6 is 0 Å². The van der Waals surface area contributed by atoms with Crippen LogP contribution < -0.4 is 10.2 Å². The van der Waals surface area contributed by atoms with E-state index in [1.807, 2.05) is 0 Å². The van der Waals surface area contributed by atoms with Gasteiger partial charge in [0, 0.05) is 38.4 Å². The van der Waals surface area contributed by atoms with E-state index in [1.165, 1.54) is 17.7 Å². The number of urea groups is 1. The molecule has 1 aliphatic carbocycles. The molecule has 3 fully saturated rings. The molecule has 1 aromatic rings. The van der Waals surface area contributed by atoms with Gasteiger partial charge in [-0.2, -0.15) is 0 Å². The van der Waals surface area contributed by atoms with Crippen LogP contribution in [0.5, 0.6) is 0 Å². The van der Waals surface area contributed by atoms with E-state index in [9.17, 15) is 14.4 Å². The van der Waals surface area contributed by atoms with Crippen LogP contribution in [0, 0.1) is 11.8 Å². The second kappa shape index (κ2) is 6.54. The van der Waals surface area contributed by atoms with Crippen LogP contribution in [0.2, 0.25) is 0 Å². The van der Waals surface area contributed by atoms with Gasteiger partial charge in [0.2, 0.25) is 5.91 Å². The van der Waals surface area contributed by atoms with E-state index in [1.54, 1.807) is 25.6 Å². The van der Waals surface area contributed by atoms with E-state index >= 15 is 0 Å². The zero-order valence-corrected chi connectivity index (χ0v) is 14.7. The standard InChI is InChI=1S/C17H22N6O3/c1-21-10-16(25)23(17(21)26)9-15(24)20-13-8-22(7-12(13)11-2-3-11)14-6-18-4-5-19-14/h4-6,11-13H,2-3,7-10H2,1H3,(H,20,24)/t12-,13+/m1/s1. The van der Waals surface area contributed by atoms with Crippen LogP contribution in [0.25, 0.3) is 0 Å². The van der Waals surface area contributed by atoms with Crippen molar-refractivity contribution in [3.05, 3.63) is 18.6 Å². The molecule has 4 rings (SSSR count). The van der Waals surface area contributed by atoms with Gasteiger partial charge in [-0.1, -0.05) is 0 Å². The molecule has 0 unspecified atom stereocenters. The van der Waals surface area contributed by atoms with Crippen molar-refractivity contribution in [2.24, 2.45) is 11.8 Å². The van der Waals surface area contributed by atoms with Gasteiger partial charge < -0.3 is 15.1 Å². The number of anilines is 1. The average molecular weight is 358 g/mol. The highest BCUT2D eigenvalue weighted by atomic mass is 16.2. The van der Waals surface area contributed by atoms with E-state index in [0.717, 1.165) is 17.3 Å². The molecule has 0 spiro atoms. The number of nitrogens with zero attached hydrogens (tertiary/aromatic N) is 5. The monoisotopic (exact) mass is 358 g/mol. The molecule has 0 aromatic carbocycles. The third-order valence-electron chi connectivity index (χ3n) is 5.35. The number of carbonyl (C=O) groups excluding carboxylic acids is 3. The minimum Gasteiger partial charge on any atom is -0.353 e. The summed E-state index contributed by atoms with van der Waals surface area (Å²) in [6.07, 6.45) is 7.39. The molecule has 0 bridgehead atoms. The quantitative estimate of drug-likeness (QED) is 0.726. The first-order valence-corrected chi connectivity index (χ1v) is 8.88. The predicted molar refractivity (Wildman–Crippen MR) is 92.1 cm³/mol. The molecule has 26 heavy (non-hydrogen) atoms. The molecule has 2 atom stereocenters. The van der Waals surface area contributed by atoms with Crippen LogP contribution in [0.15, 0.2) is 18.6 Å². The Balaban J connectivity index is 1.40. The lowest BCUT2D eigenvalue weighted by atomic mass is 9.98. The lowest BCUT2D eigenvalue weighted by Crippen LogP contribution is -2.47. The van der Waals surface area contributed by atoms with Gasteiger partial charge in [0.1, 0.15) is 18.9 Å². The Labute approximate surface area is 151 Å². The zero-order valence-electron chi connectivity index (χ0n) is 14.7. The van der Waals surface area contributed by atoms with Crippen molar-refractivity contribution in [2.75, 3.05) is 38.1 Å². The van der Waals surface area contributed by atoms with Crippen LogP contribution in [0.3, 0.4) is 0 Å². The fourth-order valence-corrected chi connectivity index (χ4v) is 3.85. The molecule has 9 nitrogen and oxygen atoms in total. The van der Waals surface area contributed by atoms with Crippen molar-refractivity contribution >= 4 is 23.7 Å². The summed E-state index contributed by atoms with van der Waals surface area (Å²) in [6, 6.07) is -0.431. The summed E-state index contributed by atoms with van der Waals surface area (Å²) in [5.41, 5.74) is 0. The number of amides is 4. The number of aromatic nitrogens is 2. The molecule has 3 heterocycles. The average Bonchev–Trinajstić information content (AvgIpc) is 3.35. The Morgan fingerprint density at radius 3 is 2.69 bits per heavy atom. The Kier molecular flexibility index (Phi) is 4.21. The molecular weight excluding hydrogens is 336 g/mol. The normalized spacial score (nSPS) is 26.0. The molecule has 3 aliphatic rings. The van der Waals surface area contributed by atoms with Gasteiger partial charge in [-0.25, -0.2) is 9.78 Å². The maximum atomic E-state index is 12.5. The van der Waals surface area contributed by atoms with Gasteiger partial charge >= 0.3 is 6.03 Å². The SMILES string of the molecule is CN1CC(=O)N(CC(=O)N[C@H]2CN(c3cnccn3)C[C@@H]2C2CC2)C1=O. The number of likely N-dealkylation sites (N-methyl/N-ethyl adjacent to an activating group) is 1. The molecule has 2 saturated heterocycles. The summed E-state index contributed by atoms with van der Waals surface area (Å²) in [7, 11) is 1.55. The van der Waals surface area contributed by atoms with Crippen LogP contribution in [-0.4, -0.2) is 76.9 Å². The topological polar surface area (TPSA) is 98.7 Å². The second-order valence-electron chi connectivity index (χ2n) is 7.26. The first-order valence-electron chi connectivity index (χ1n) is 8.88. The van der Waals surface area contributed by atoms with Gasteiger partial charge in [-0.05, 0) is 18.8 Å². The molecule has 4 amide bonds. The van der Waals surface area contributed by atoms with Gasteiger partial charge in [-0.3, -0.25) is 19.5 Å². The number of rotatable bonds is 5. The first-order chi connectivity index (χ1) is 12.5. The fourth-order valence-electron chi connectivity index (χ4n) is 3.85. The molecule has 138 valence electrons. The van der Waals surface area contributed by atoms with Crippen molar-refractivity contribution in [2.45, 2.75) is 18.9 Å². The highest BCUT2D eigenvalue weighted by molar-refractivity contribution is 6.04. The highest BCUT2D eigenvalue weighted by Crippen LogP contribution is 2.42.